The first-order chi connectivity index (χ1) is 65.4. The molecule has 0 bridgehead atoms. The summed E-state index contributed by atoms with van der Waals surface area (Å²) in [7, 11) is 0. The van der Waals surface area contributed by atoms with Crippen LogP contribution in [0.3, 0.4) is 0 Å². The van der Waals surface area contributed by atoms with Gasteiger partial charge in [0.05, 0.1) is 11.4 Å². The van der Waals surface area contributed by atoms with Crippen LogP contribution in [0.5, 0.6) is 0 Å². The summed E-state index contributed by atoms with van der Waals surface area (Å²) in [5, 5.41) is 4.71. The standard InChI is InChI=1S/C62H42N4O2.C58H38N4O2/c1-3-11-51(12-4-1)65(53-35-27-45(28-36-53)43-19-23-49(24-20-43)61-63-57-15-7-9-17-59(57)67-61)55-39-31-47(32-40-55)48-33-41-56(42-34-48)66(52-13-5-2-6-14-52)54-37-29-46(30-38-54)44-21-25-50(26-22-44)62-64-58-16-8-10-18-60(58)68-62;1-3-15-49-41(11-1)13-9-19-53(49)61(47-35-27-43(28-36-47)57-59-51-17-5-7-21-55(51)63-57)45-31-23-39(24-32-45)40-25-33-46(34-26-40)62(54-20-10-14-42-12-2-4-16-50(42)54)48-37-29-44(30-38-48)58-60-52-18-6-8-22-56(52)64-58/h1-42H;1-38H. The summed E-state index contributed by atoms with van der Waals surface area (Å²) in [5.74, 6) is 2.46. The Hall–Kier alpha value is -18.0. The second-order valence-electron chi connectivity index (χ2n) is 32.5. The van der Waals surface area contributed by atoms with Crippen LogP contribution in [-0.2, 0) is 0 Å². The van der Waals surface area contributed by atoms with Crippen molar-refractivity contribution in [3.05, 3.63) is 485 Å². The molecule has 20 aromatic carbocycles. The quantitative estimate of drug-likeness (QED) is 0.0723. The molecule has 0 atom stereocenters. The van der Waals surface area contributed by atoms with Crippen LogP contribution in [0.25, 0.3) is 156 Å². The zero-order valence-electron chi connectivity index (χ0n) is 71.4. The lowest BCUT2D eigenvalue weighted by atomic mass is 10.0. The van der Waals surface area contributed by atoms with Crippen LogP contribution in [0, 0.1) is 0 Å². The smallest absolute Gasteiger partial charge is 0.227 e. The van der Waals surface area contributed by atoms with Crippen molar-refractivity contribution in [1.29, 1.82) is 0 Å². The molecule has 4 heterocycles. The van der Waals surface area contributed by atoms with E-state index >= 15 is 0 Å². The molecule has 0 unspecified atom stereocenters. The number of para-hydroxylation sites is 10. The van der Waals surface area contributed by atoms with Gasteiger partial charge in [0, 0.05) is 89.9 Å². The highest BCUT2D eigenvalue weighted by Crippen LogP contribution is 2.46. The average molecular weight is 1700 g/mol. The fourth-order valence-electron chi connectivity index (χ4n) is 17.6. The molecule has 0 amide bonds. The Bertz CT molecular complexity index is 7580. The van der Waals surface area contributed by atoms with Crippen molar-refractivity contribution in [3.8, 4) is 90.3 Å². The van der Waals surface area contributed by atoms with Gasteiger partial charge in [-0.3, -0.25) is 0 Å². The van der Waals surface area contributed by atoms with Crippen LogP contribution in [-0.4, -0.2) is 19.9 Å². The Kier molecular flexibility index (Phi) is 20.7. The van der Waals surface area contributed by atoms with Crippen molar-refractivity contribution in [2.24, 2.45) is 0 Å². The fraction of sp³-hybridized carbons (Fsp3) is 0. The highest BCUT2D eigenvalue weighted by molar-refractivity contribution is 6.01. The molecule has 12 nitrogen and oxygen atoms in total. The number of oxazole rings is 4. The molecule has 12 heteroatoms. The summed E-state index contributed by atoms with van der Waals surface area (Å²) >= 11 is 0. The highest BCUT2D eigenvalue weighted by Gasteiger charge is 2.23. The summed E-state index contributed by atoms with van der Waals surface area (Å²) in [6.07, 6.45) is 0. The molecule has 0 saturated heterocycles. The van der Waals surface area contributed by atoms with Gasteiger partial charge in [-0.1, -0.05) is 255 Å². The van der Waals surface area contributed by atoms with Crippen LogP contribution in [0.15, 0.2) is 503 Å². The lowest BCUT2D eigenvalue weighted by Crippen LogP contribution is -2.10. The minimum atomic E-state index is 0.606. The lowest BCUT2D eigenvalue weighted by molar-refractivity contribution is 0.619. The molecule has 0 aliphatic rings. The topological polar surface area (TPSA) is 117 Å². The van der Waals surface area contributed by atoms with Crippen LogP contribution >= 0.6 is 0 Å². The van der Waals surface area contributed by atoms with E-state index in [4.69, 9.17) is 27.6 Å². The third-order valence-electron chi connectivity index (χ3n) is 24.3. The minimum absolute atomic E-state index is 0.606. The summed E-state index contributed by atoms with van der Waals surface area (Å²) in [5.41, 5.74) is 32.2. The number of hydrogen-bond donors (Lipinski definition) is 0. The van der Waals surface area contributed by atoms with Crippen molar-refractivity contribution in [2.75, 3.05) is 19.6 Å². The van der Waals surface area contributed by atoms with Gasteiger partial charge in [0.25, 0.3) is 0 Å². The van der Waals surface area contributed by atoms with Crippen LogP contribution < -0.4 is 19.6 Å². The number of nitrogens with zero attached hydrogens (tertiary/aromatic N) is 8. The molecule has 132 heavy (non-hydrogen) atoms. The van der Waals surface area contributed by atoms with Gasteiger partial charge in [-0.05, 0) is 286 Å². The van der Waals surface area contributed by atoms with Crippen molar-refractivity contribution >= 4 is 134 Å². The first-order valence-electron chi connectivity index (χ1n) is 44.1. The molecule has 0 aliphatic carbocycles. The normalized spacial score (nSPS) is 11.3. The molecule has 0 N–H and O–H groups in total. The number of rotatable bonds is 20. The maximum Gasteiger partial charge on any atom is 0.227 e. The maximum absolute atomic E-state index is 6.11. The molecule has 0 spiro atoms. The predicted octanol–water partition coefficient (Wildman–Crippen LogP) is 33.5. The zero-order valence-corrected chi connectivity index (χ0v) is 71.4. The molecule has 4 aromatic heterocycles. The van der Waals surface area contributed by atoms with Crippen LogP contribution in [0.4, 0.5) is 68.2 Å². The summed E-state index contributed by atoms with van der Waals surface area (Å²) < 4.78 is 24.2. The number of aromatic nitrogens is 4. The van der Waals surface area contributed by atoms with Gasteiger partial charge in [0.2, 0.25) is 23.6 Å². The van der Waals surface area contributed by atoms with Crippen LogP contribution in [0.1, 0.15) is 0 Å². The van der Waals surface area contributed by atoms with Crippen molar-refractivity contribution in [1.82, 2.24) is 19.9 Å². The van der Waals surface area contributed by atoms with Gasteiger partial charge >= 0.3 is 0 Å². The van der Waals surface area contributed by atoms with E-state index in [-0.39, 0.29) is 0 Å². The second-order valence-corrected chi connectivity index (χ2v) is 32.5. The second kappa shape index (κ2) is 34.7. The average Bonchev–Trinajstić information content (AvgIpc) is 0.849. The summed E-state index contributed by atoms with van der Waals surface area (Å²) in [4.78, 5) is 28.1. The minimum Gasteiger partial charge on any atom is -0.436 e. The SMILES string of the molecule is c1ccc(N(c2ccc(-c3ccc(-c4nc5ccccc5o4)cc3)cc2)c2ccc(-c3ccc(N(c4ccccc4)c4ccc(-c5ccc(-c6nc7ccccc7o6)cc5)cc4)cc3)cc2)cc1.c1ccc2c(N(c3ccc(-c4ccc(N(c5ccc(-c6nc7ccccc7o6)cc5)c5cccc6ccccc56)cc4)cc3)c3ccc(-c4nc5ccccc5o4)cc3)cccc2c1. The van der Waals surface area contributed by atoms with Gasteiger partial charge < -0.3 is 37.3 Å². The molecule has 624 valence electrons. The number of anilines is 12. The van der Waals surface area contributed by atoms with Gasteiger partial charge in [0.1, 0.15) is 22.1 Å². The number of fused-ring (bicyclic) bond motifs is 6. The predicted molar refractivity (Wildman–Crippen MR) is 540 cm³/mol. The van der Waals surface area contributed by atoms with Gasteiger partial charge in [-0.25, -0.2) is 19.9 Å². The van der Waals surface area contributed by atoms with Crippen molar-refractivity contribution in [2.45, 2.75) is 0 Å². The van der Waals surface area contributed by atoms with E-state index in [1.807, 2.05) is 97.1 Å². The first kappa shape index (κ1) is 78.7. The van der Waals surface area contributed by atoms with E-state index in [0.29, 0.717) is 23.6 Å². The maximum atomic E-state index is 6.11. The number of benzene rings is 20. The van der Waals surface area contributed by atoms with Gasteiger partial charge in [0.15, 0.2) is 22.3 Å². The Labute approximate surface area is 762 Å². The van der Waals surface area contributed by atoms with E-state index in [9.17, 15) is 0 Å². The monoisotopic (exact) mass is 1700 g/mol. The summed E-state index contributed by atoms with van der Waals surface area (Å²) in [6.45, 7) is 0. The van der Waals surface area contributed by atoms with E-state index in [2.05, 4.69) is 418 Å². The zero-order chi connectivity index (χ0) is 87.6. The Morgan fingerprint density at radius 3 is 0.568 bits per heavy atom. The largest absolute Gasteiger partial charge is 0.436 e. The van der Waals surface area contributed by atoms with E-state index in [0.717, 1.165) is 179 Å². The fourth-order valence-corrected chi connectivity index (χ4v) is 17.6. The van der Waals surface area contributed by atoms with E-state index in [1.165, 1.54) is 21.5 Å². The third kappa shape index (κ3) is 15.7. The molecular weight excluding hydrogens is 1620 g/mol. The van der Waals surface area contributed by atoms with E-state index < -0.39 is 0 Å². The Morgan fingerprint density at radius 2 is 0.318 bits per heavy atom. The van der Waals surface area contributed by atoms with Crippen molar-refractivity contribution < 1.29 is 17.7 Å². The lowest BCUT2D eigenvalue weighted by Gasteiger charge is -2.27. The molecule has 24 rings (SSSR count). The first-order valence-corrected chi connectivity index (χ1v) is 44.1. The van der Waals surface area contributed by atoms with Crippen molar-refractivity contribution in [3.63, 3.8) is 0 Å². The molecule has 0 saturated carbocycles. The van der Waals surface area contributed by atoms with E-state index in [1.54, 1.807) is 0 Å². The van der Waals surface area contributed by atoms with Gasteiger partial charge in [-0.2, -0.15) is 0 Å². The molecule has 0 fully saturated rings. The van der Waals surface area contributed by atoms with Crippen LogP contribution in [0.2, 0.25) is 0 Å². The number of hydrogen-bond acceptors (Lipinski definition) is 12. The molecular formula is C120H80N8O4. The molecule has 24 aromatic rings. The highest BCUT2D eigenvalue weighted by atomic mass is 16.4. The molecule has 0 radical (unpaired) electrons. The Balaban J connectivity index is 0.000000150. The Morgan fingerprint density at radius 1 is 0.136 bits per heavy atom. The summed E-state index contributed by atoms with van der Waals surface area (Å²) in [6, 6.07) is 169. The third-order valence-corrected chi connectivity index (χ3v) is 24.3. The molecule has 0 aliphatic heterocycles. The van der Waals surface area contributed by atoms with Gasteiger partial charge in [-0.15, -0.1) is 0 Å².